The molecule has 116 valence electrons. The topological polar surface area (TPSA) is 43.4 Å². The van der Waals surface area contributed by atoms with Crippen molar-refractivity contribution in [3.63, 3.8) is 0 Å². The molecule has 2 bridgehead atoms. The van der Waals surface area contributed by atoms with Gasteiger partial charge in [-0.2, -0.15) is 0 Å². The summed E-state index contributed by atoms with van der Waals surface area (Å²) in [5.74, 6) is -1.41. The van der Waals surface area contributed by atoms with Gasteiger partial charge in [-0.05, 0) is 27.7 Å². The Morgan fingerprint density at radius 3 is 2.18 bits per heavy atom. The third-order valence-corrected chi connectivity index (χ3v) is 7.72. The molecule has 0 aromatic rings. The van der Waals surface area contributed by atoms with Crippen LogP contribution in [0.25, 0.3) is 0 Å². The van der Waals surface area contributed by atoms with Gasteiger partial charge in [-0.3, -0.25) is 9.59 Å². The van der Waals surface area contributed by atoms with Crippen LogP contribution >= 0.6 is 0 Å². The van der Waals surface area contributed by atoms with Crippen molar-refractivity contribution in [2.24, 2.45) is 28.1 Å². The second-order valence-corrected chi connectivity index (χ2v) is 7.85. The Bertz CT molecular complexity index is 753. The highest BCUT2D eigenvalue weighted by molar-refractivity contribution is 6.00. The Hall–Kier alpha value is -1.64. The minimum atomic E-state index is -0.414. The predicted molar refractivity (Wildman–Crippen MR) is 82.6 cm³/mol. The van der Waals surface area contributed by atoms with E-state index in [0.29, 0.717) is 0 Å². The van der Waals surface area contributed by atoms with Crippen LogP contribution < -0.4 is 0 Å². The first-order chi connectivity index (χ1) is 10.1. The van der Waals surface area contributed by atoms with Gasteiger partial charge in [0.05, 0.1) is 11.8 Å². The molecule has 0 amide bonds. The van der Waals surface area contributed by atoms with Gasteiger partial charge < -0.3 is 4.74 Å². The van der Waals surface area contributed by atoms with Gasteiger partial charge in [0, 0.05) is 16.2 Å². The van der Waals surface area contributed by atoms with Gasteiger partial charge in [0.2, 0.25) is 0 Å². The van der Waals surface area contributed by atoms with Crippen molar-refractivity contribution in [1.29, 1.82) is 0 Å². The quantitative estimate of drug-likeness (QED) is 0.390. The van der Waals surface area contributed by atoms with Crippen molar-refractivity contribution in [3.8, 4) is 0 Å². The summed E-state index contributed by atoms with van der Waals surface area (Å²) >= 11 is 0. The maximum atomic E-state index is 12.5. The molecule has 1 aliphatic heterocycles. The SMILES string of the molecule is CC1=CC(C)=C(C)[C@@]23C=C(C)[C@@](C)([C@H]4C(=O)OC(=O)[C@H]42)[C@@]13C. The predicted octanol–water partition coefficient (Wildman–Crippen LogP) is 3.57. The number of fused-ring (bicyclic) bond motifs is 2. The summed E-state index contributed by atoms with van der Waals surface area (Å²) in [7, 11) is 0. The molecule has 4 aliphatic rings. The summed E-state index contributed by atoms with van der Waals surface area (Å²) in [5.41, 5.74) is 3.88. The molecule has 1 saturated heterocycles. The van der Waals surface area contributed by atoms with Gasteiger partial charge in [0.25, 0.3) is 0 Å². The van der Waals surface area contributed by atoms with Crippen molar-refractivity contribution in [1.82, 2.24) is 0 Å². The van der Waals surface area contributed by atoms with E-state index in [2.05, 4.69) is 53.7 Å². The Balaban J connectivity index is 2.16. The lowest BCUT2D eigenvalue weighted by molar-refractivity contribution is -0.157. The number of esters is 2. The number of hydrogen-bond acceptors (Lipinski definition) is 3. The van der Waals surface area contributed by atoms with Crippen molar-refractivity contribution >= 4 is 11.9 Å². The molecule has 3 aliphatic carbocycles. The minimum Gasteiger partial charge on any atom is -0.393 e. The van der Waals surface area contributed by atoms with Crippen LogP contribution in [0.3, 0.4) is 0 Å². The summed E-state index contributed by atoms with van der Waals surface area (Å²) < 4.78 is 5.08. The van der Waals surface area contributed by atoms with Crippen molar-refractivity contribution in [2.75, 3.05) is 0 Å². The second kappa shape index (κ2) is 3.47. The molecule has 0 aromatic carbocycles. The van der Waals surface area contributed by atoms with Gasteiger partial charge in [-0.1, -0.05) is 48.3 Å². The Morgan fingerprint density at radius 2 is 1.55 bits per heavy atom. The average Bonchev–Trinajstić information content (AvgIpc) is 2.91. The molecule has 22 heavy (non-hydrogen) atoms. The monoisotopic (exact) mass is 298 g/mol. The summed E-state index contributed by atoms with van der Waals surface area (Å²) in [5, 5.41) is 0. The van der Waals surface area contributed by atoms with Crippen molar-refractivity contribution in [3.05, 3.63) is 34.4 Å². The van der Waals surface area contributed by atoms with Gasteiger partial charge in [-0.25, -0.2) is 0 Å². The number of hydrogen-bond donors (Lipinski definition) is 0. The standard InChI is InChI=1S/C19H22O3/c1-9-7-10(2)18(6)17(5)11(3)8-19(18,12(9)4)14-13(17)15(20)22-16(14)21/h7-8,13-14H,1-6H3/t13-,14+,17+,18-,19+/m1/s1. The smallest absolute Gasteiger partial charge is 0.318 e. The number of carbonyl (C=O) groups is 2. The molecule has 5 atom stereocenters. The fraction of sp³-hybridized carbons (Fsp3) is 0.579. The van der Waals surface area contributed by atoms with Gasteiger partial charge in [-0.15, -0.1) is 0 Å². The molecule has 3 heteroatoms. The van der Waals surface area contributed by atoms with E-state index in [9.17, 15) is 9.59 Å². The largest absolute Gasteiger partial charge is 0.393 e. The molecule has 4 rings (SSSR count). The van der Waals surface area contributed by atoms with E-state index in [0.717, 1.165) is 0 Å². The fourth-order valence-corrected chi connectivity index (χ4v) is 6.29. The highest BCUT2D eigenvalue weighted by atomic mass is 16.6. The first-order valence-corrected chi connectivity index (χ1v) is 7.96. The maximum absolute atomic E-state index is 12.5. The molecule has 3 nitrogen and oxygen atoms in total. The van der Waals surface area contributed by atoms with Crippen LogP contribution in [-0.2, 0) is 14.3 Å². The summed E-state index contributed by atoms with van der Waals surface area (Å²) in [6.07, 6.45) is 4.50. The van der Waals surface area contributed by atoms with E-state index < -0.39 is 5.41 Å². The molecule has 1 heterocycles. The highest BCUT2D eigenvalue weighted by Crippen LogP contribution is 2.82. The molecule has 0 N–H and O–H groups in total. The number of rotatable bonds is 0. The summed E-state index contributed by atoms with van der Waals surface area (Å²) in [4.78, 5) is 25.0. The molecule has 1 saturated carbocycles. The highest BCUT2D eigenvalue weighted by Gasteiger charge is 2.82. The molecule has 0 unspecified atom stereocenters. The summed E-state index contributed by atoms with van der Waals surface area (Å²) in [6, 6.07) is 0. The van der Waals surface area contributed by atoms with Crippen LogP contribution in [0, 0.1) is 28.1 Å². The van der Waals surface area contributed by atoms with Gasteiger partial charge in [0.1, 0.15) is 0 Å². The Labute approximate surface area is 131 Å². The molecule has 0 spiro atoms. The van der Waals surface area contributed by atoms with Crippen LogP contribution in [-0.4, -0.2) is 11.9 Å². The van der Waals surface area contributed by atoms with Crippen LogP contribution in [0.4, 0.5) is 0 Å². The minimum absolute atomic E-state index is 0.238. The zero-order valence-electron chi connectivity index (χ0n) is 14.0. The van der Waals surface area contributed by atoms with E-state index in [1.807, 2.05) is 0 Å². The van der Waals surface area contributed by atoms with Crippen molar-refractivity contribution in [2.45, 2.75) is 41.5 Å². The third kappa shape index (κ3) is 0.974. The molecule has 0 aromatic heterocycles. The third-order valence-electron chi connectivity index (χ3n) is 7.72. The number of cyclic esters (lactones) is 2. The second-order valence-electron chi connectivity index (χ2n) is 7.85. The maximum Gasteiger partial charge on any atom is 0.318 e. The van der Waals surface area contributed by atoms with E-state index in [4.69, 9.17) is 4.74 Å². The first kappa shape index (κ1) is 14.0. The van der Waals surface area contributed by atoms with Crippen LogP contribution in [0.2, 0.25) is 0 Å². The van der Waals surface area contributed by atoms with Crippen LogP contribution in [0.15, 0.2) is 34.4 Å². The lowest BCUT2D eigenvalue weighted by atomic mass is 9.52. The molecular weight excluding hydrogens is 276 g/mol. The number of allylic oxidation sites excluding steroid dienone is 6. The molecule has 0 radical (unpaired) electrons. The van der Waals surface area contributed by atoms with E-state index in [1.165, 1.54) is 22.3 Å². The van der Waals surface area contributed by atoms with Gasteiger partial charge in [0.15, 0.2) is 0 Å². The first-order valence-electron chi connectivity index (χ1n) is 7.96. The average molecular weight is 298 g/mol. The van der Waals surface area contributed by atoms with E-state index >= 15 is 0 Å². The fourth-order valence-electron chi connectivity index (χ4n) is 6.29. The van der Waals surface area contributed by atoms with E-state index in [1.54, 1.807) is 0 Å². The Morgan fingerprint density at radius 1 is 0.955 bits per heavy atom. The summed E-state index contributed by atoms with van der Waals surface area (Å²) in [6.45, 7) is 12.8. The van der Waals surface area contributed by atoms with Crippen LogP contribution in [0.5, 0.6) is 0 Å². The van der Waals surface area contributed by atoms with Crippen LogP contribution in [0.1, 0.15) is 41.5 Å². The number of ether oxygens (including phenoxy) is 1. The molecular formula is C19H22O3. The Kier molecular flexibility index (Phi) is 2.21. The normalized spacial score (nSPS) is 49.0. The lowest BCUT2D eigenvalue weighted by Crippen LogP contribution is -2.46. The van der Waals surface area contributed by atoms with Crippen molar-refractivity contribution < 1.29 is 14.3 Å². The zero-order chi connectivity index (χ0) is 16.2. The molecule has 2 fully saturated rings. The number of carbonyl (C=O) groups excluding carboxylic acids is 2. The lowest BCUT2D eigenvalue weighted by Gasteiger charge is -2.50. The zero-order valence-corrected chi connectivity index (χ0v) is 14.0. The van der Waals surface area contributed by atoms with E-state index in [-0.39, 0.29) is 34.6 Å². The van der Waals surface area contributed by atoms with Gasteiger partial charge >= 0.3 is 11.9 Å².